The third-order valence-corrected chi connectivity index (χ3v) is 3.85. The number of rotatable bonds is 7. The van der Waals surface area contributed by atoms with Crippen LogP contribution in [0, 0.1) is 0 Å². The molecule has 0 aromatic heterocycles. The minimum Gasteiger partial charge on any atom is -0.382 e. The van der Waals surface area contributed by atoms with E-state index in [-0.39, 0.29) is 18.8 Å². The molecule has 20 heavy (non-hydrogen) atoms. The zero-order chi connectivity index (χ0) is 15.2. The number of benzene rings is 1. The lowest BCUT2D eigenvalue weighted by atomic mass is 10.3. The number of ether oxygens (including phenoxy) is 1. The maximum absolute atomic E-state index is 12.5. The van der Waals surface area contributed by atoms with Gasteiger partial charge in [0.05, 0.1) is 23.8 Å². The van der Waals surface area contributed by atoms with Gasteiger partial charge in [0.25, 0.3) is 9.84 Å². The van der Waals surface area contributed by atoms with Crippen LogP contribution in [-0.4, -0.2) is 40.2 Å². The van der Waals surface area contributed by atoms with E-state index in [2.05, 4.69) is 5.32 Å². The molecule has 114 valence electrons. The molecule has 9 heteroatoms. The van der Waals surface area contributed by atoms with Gasteiger partial charge in [0.1, 0.15) is 0 Å². The molecule has 0 aliphatic rings. The van der Waals surface area contributed by atoms with Crippen LogP contribution in [0.2, 0.25) is 0 Å². The summed E-state index contributed by atoms with van der Waals surface area (Å²) >= 11 is 0. The van der Waals surface area contributed by atoms with Crippen molar-refractivity contribution in [2.24, 2.45) is 5.73 Å². The molecule has 1 aromatic carbocycles. The summed E-state index contributed by atoms with van der Waals surface area (Å²) in [6.45, 7) is 1.03. The maximum Gasteiger partial charge on any atom is 0.501 e. The number of hydrogen-bond donors (Lipinski definition) is 2. The molecule has 1 aromatic rings. The van der Waals surface area contributed by atoms with E-state index in [1.54, 1.807) is 0 Å². The lowest BCUT2D eigenvalue weighted by Gasteiger charge is -2.14. The van der Waals surface area contributed by atoms with E-state index >= 15 is 0 Å². The van der Waals surface area contributed by atoms with Gasteiger partial charge in [0.2, 0.25) is 0 Å². The van der Waals surface area contributed by atoms with Crippen molar-refractivity contribution in [3.63, 3.8) is 0 Å². The Hall–Kier alpha value is -1.32. The molecule has 0 spiro atoms. The molecule has 5 nitrogen and oxygen atoms in total. The number of halogens is 3. The summed E-state index contributed by atoms with van der Waals surface area (Å²) in [5.41, 5.74) is -0.241. The van der Waals surface area contributed by atoms with Crippen LogP contribution in [0.15, 0.2) is 29.2 Å². The zero-order valence-electron chi connectivity index (χ0n) is 10.5. The normalized spacial score (nSPS) is 12.4. The Morgan fingerprint density at radius 2 is 1.85 bits per heavy atom. The van der Waals surface area contributed by atoms with Gasteiger partial charge in [-0.2, -0.15) is 13.2 Å². The van der Waals surface area contributed by atoms with Crippen LogP contribution >= 0.6 is 0 Å². The highest BCUT2D eigenvalue weighted by molar-refractivity contribution is 7.92. The minimum atomic E-state index is -5.38. The molecule has 0 amide bonds. The van der Waals surface area contributed by atoms with E-state index in [4.69, 9.17) is 10.5 Å². The number of nitrogens with one attached hydrogen (secondary N) is 1. The van der Waals surface area contributed by atoms with E-state index in [0.29, 0.717) is 13.2 Å². The summed E-state index contributed by atoms with van der Waals surface area (Å²) in [6.07, 6.45) is 0. The highest BCUT2D eigenvalue weighted by Crippen LogP contribution is 2.33. The monoisotopic (exact) mass is 312 g/mol. The quantitative estimate of drug-likeness (QED) is 0.743. The number of anilines is 1. The number of nitrogens with two attached hydrogens (primary N) is 1. The summed E-state index contributed by atoms with van der Waals surface area (Å²) in [5.74, 6) is 0. The molecule has 3 N–H and O–H groups in total. The lowest BCUT2D eigenvalue weighted by Crippen LogP contribution is -2.24. The molecule has 0 aliphatic heterocycles. The van der Waals surface area contributed by atoms with E-state index in [9.17, 15) is 21.6 Å². The fourth-order valence-electron chi connectivity index (χ4n) is 1.41. The fourth-order valence-corrected chi connectivity index (χ4v) is 2.35. The third kappa shape index (κ3) is 4.09. The van der Waals surface area contributed by atoms with Gasteiger partial charge in [0, 0.05) is 13.1 Å². The number of hydrogen-bond acceptors (Lipinski definition) is 5. The molecule has 0 saturated carbocycles. The molecular weight excluding hydrogens is 297 g/mol. The first-order chi connectivity index (χ1) is 9.30. The summed E-state index contributed by atoms with van der Waals surface area (Å²) in [6, 6.07) is 4.85. The van der Waals surface area contributed by atoms with Crippen LogP contribution in [-0.2, 0) is 14.6 Å². The minimum absolute atomic E-state index is 0.110. The predicted octanol–water partition coefficient (Wildman–Crippen LogP) is 1.37. The first-order valence-electron chi connectivity index (χ1n) is 5.73. The van der Waals surface area contributed by atoms with Crippen LogP contribution < -0.4 is 11.1 Å². The first-order valence-corrected chi connectivity index (χ1v) is 7.21. The highest BCUT2D eigenvalue weighted by Gasteiger charge is 2.47. The van der Waals surface area contributed by atoms with Gasteiger partial charge in [-0.15, -0.1) is 0 Å². The summed E-state index contributed by atoms with van der Waals surface area (Å²) in [7, 11) is -5.38. The Morgan fingerprint density at radius 3 is 2.45 bits per heavy atom. The standard InChI is InChI=1S/C11H15F3N2O3S/c12-11(13,14)20(17,18)10-4-2-1-3-9(10)16-6-8-19-7-5-15/h1-4,16H,5-8,15H2. The average molecular weight is 312 g/mol. The van der Waals surface area contributed by atoms with Crippen molar-refractivity contribution >= 4 is 15.5 Å². The van der Waals surface area contributed by atoms with Gasteiger partial charge in [0.15, 0.2) is 0 Å². The molecule has 0 radical (unpaired) electrons. The Balaban J connectivity index is 2.84. The van der Waals surface area contributed by atoms with Crippen molar-refractivity contribution in [2.75, 3.05) is 31.6 Å². The molecule has 0 atom stereocenters. The third-order valence-electron chi connectivity index (χ3n) is 2.31. The predicted molar refractivity (Wildman–Crippen MR) is 68.0 cm³/mol. The SMILES string of the molecule is NCCOCCNc1ccccc1S(=O)(=O)C(F)(F)F. The molecule has 0 saturated heterocycles. The molecule has 0 heterocycles. The van der Waals surface area contributed by atoms with Gasteiger partial charge in [-0.05, 0) is 12.1 Å². The van der Waals surface area contributed by atoms with Gasteiger partial charge in [-0.3, -0.25) is 0 Å². The summed E-state index contributed by atoms with van der Waals surface area (Å²) in [4.78, 5) is -0.800. The smallest absolute Gasteiger partial charge is 0.382 e. The lowest BCUT2D eigenvalue weighted by molar-refractivity contribution is -0.0435. The largest absolute Gasteiger partial charge is 0.501 e. The van der Waals surface area contributed by atoms with Crippen LogP contribution in [0.25, 0.3) is 0 Å². The van der Waals surface area contributed by atoms with E-state index in [0.717, 1.165) is 6.07 Å². The molecule has 0 aliphatic carbocycles. The van der Waals surface area contributed by atoms with Gasteiger partial charge in [-0.25, -0.2) is 8.42 Å². The van der Waals surface area contributed by atoms with E-state index in [1.165, 1.54) is 18.2 Å². The molecular formula is C11H15F3N2O3S. The highest BCUT2D eigenvalue weighted by atomic mass is 32.2. The van der Waals surface area contributed by atoms with E-state index < -0.39 is 20.2 Å². The second-order valence-corrected chi connectivity index (χ2v) is 5.68. The Labute approximate surface area is 114 Å². The van der Waals surface area contributed by atoms with Crippen molar-refractivity contribution < 1.29 is 26.3 Å². The molecule has 0 bridgehead atoms. The van der Waals surface area contributed by atoms with Crippen LogP contribution in [0.1, 0.15) is 0 Å². The number of alkyl halides is 3. The fraction of sp³-hybridized carbons (Fsp3) is 0.455. The van der Waals surface area contributed by atoms with Gasteiger partial charge in [-0.1, -0.05) is 12.1 Å². The topological polar surface area (TPSA) is 81.4 Å². The second kappa shape index (κ2) is 6.91. The molecule has 0 fully saturated rings. The molecule has 0 unspecified atom stereocenters. The van der Waals surface area contributed by atoms with Gasteiger partial charge < -0.3 is 15.8 Å². The van der Waals surface area contributed by atoms with Crippen LogP contribution in [0.4, 0.5) is 18.9 Å². The van der Waals surface area contributed by atoms with Crippen LogP contribution in [0.5, 0.6) is 0 Å². The first kappa shape index (κ1) is 16.7. The average Bonchev–Trinajstić information content (AvgIpc) is 2.37. The van der Waals surface area contributed by atoms with E-state index in [1.807, 2.05) is 0 Å². The van der Waals surface area contributed by atoms with Crippen molar-refractivity contribution in [1.82, 2.24) is 0 Å². The Bertz CT molecular complexity index is 532. The summed E-state index contributed by atoms with van der Waals surface area (Å²) in [5, 5.41) is 2.61. The van der Waals surface area contributed by atoms with Crippen molar-refractivity contribution in [3.8, 4) is 0 Å². The van der Waals surface area contributed by atoms with Crippen LogP contribution in [0.3, 0.4) is 0 Å². The Kier molecular flexibility index (Phi) is 5.78. The van der Waals surface area contributed by atoms with Crippen molar-refractivity contribution in [2.45, 2.75) is 10.4 Å². The molecule has 1 rings (SSSR count). The zero-order valence-corrected chi connectivity index (χ0v) is 11.3. The van der Waals surface area contributed by atoms with Crippen molar-refractivity contribution in [1.29, 1.82) is 0 Å². The number of sulfone groups is 1. The second-order valence-electron chi connectivity index (χ2n) is 3.77. The number of para-hydroxylation sites is 1. The summed E-state index contributed by atoms with van der Waals surface area (Å²) < 4.78 is 65.4. The maximum atomic E-state index is 12.5. The Morgan fingerprint density at radius 1 is 1.20 bits per heavy atom. The van der Waals surface area contributed by atoms with Crippen molar-refractivity contribution in [3.05, 3.63) is 24.3 Å². The van der Waals surface area contributed by atoms with Gasteiger partial charge >= 0.3 is 5.51 Å².